The minimum Gasteiger partial charge on any atom is -0.136 e. The summed E-state index contributed by atoms with van der Waals surface area (Å²) in [5.74, 6) is 3.12. The van der Waals surface area contributed by atoms with Crippen molar-refractivity contribution in [3.63, 3.8) is 0 Å². The number of unbranched alkanes of at least 4 members (excludes halogenated alkanes) is 4. The molecule has 0 aliphatic carbocycles. The zero-order valence-electron chi connectivity index (χ0n) is 9.55. The Bertz CT molecular complexity index is 213. The molecular weight excluding hydrogens is 187 g/mol. The van der Waals surface area contributed by atoms with Crippen molar-refractivity contribution >= 4 is 8.19 Å². The van der Waals surface area contributed by atoms with E-state index in [1.165, 1.54) is 38.5 Å². The maximum absolute atomic E-state index is 2.38. The van der Waals surface area contributed by atoms with Crippen LogP contribution in [0.5, 0.6) is 0 Å². The zero-order chi connectivity index (χ0) is 10.2. The van der Waals surface area contributed by atoms with Gasteiger partial charge in [-0.2, -0.15) is 0 Å². The molecular formula is C13H23P. The topological polar surface area (TPSA) is 0 Å². The van der Waals surface area contributed by atoms with Gasteiger partial charge in [-0.05, 0) is 23.4 Å². The van der Waals surface area contributed by atoms with Crippen molar-refractivity contribution in [2.24, 2.45) is 0 Å². The minimum atomic E-state index is 0.824. The molecule has 0 bridgehead atoms. The lowest BCUT2D eigenvalue weighted by Gasteiger charge is -2.09. The highest BCUT2D eigenvalue weighted by molar-refractivity contribution is 7.30. The summed E-state index contributed by atoms with van der Waals surface area (Å²) in [6, 6.07) is 4.52. The average molecular weight is 210 g/mol. The third kappa shape index (κ3) is 4.33. The highest BCUT2D eigenvalue weighted by Crippen LogP contribution is 2.28. The molecule has 1 heteroatoms. The summed E-state index contributed by atoms with van der Waals surface area (Å²) in [4.78, 5) is 0. The van der Waals surface area contributed by atoms with E-state index in [-0.39, 0.29) is 0 Å². The van der Waals surface area contributed by atoms with Crippen LogP contribution < -0.4 is 0 Å². The molecule has 80 valence electrons. The molecule has 1 heterocycles. The van der Waals surface area contributed by atoms with Gasteiger partial charge in [0, 0.05) is 0 Å². The van der Waals surface area contributed by atoms with E-state index < -0.39 is 0 Å². The molecule has 0 amide bonds. The third-order valence-electron chi connectivity index (χ3n) is 2.89. The molecule has 1 rings (SSSR count). The van der Waals surface area contributed by atoms with Crippen molar-refractivity contribution in [1.82, 2.24) is 0 Å². The van der Waals surface area contributed by atoms with Crippen LogP contribution in [0.1, 0.15) is 63.6 Å². The maximum Gasteiger partial charge on any atom is -0.0155 e. The molecule has 0 spiro atoms. The molecule has 1 aromatic rings. The van der Waals surface area contributed by atoms with Crippen molar-refractivity contribution in [1.29, 1.82) is 0 Å². The third-order valence-corrected chi connectivity index (χ3v) is 4.25. The minimum absolute atomic E-state index is 0.824. The predicted molar refractivity (Wildman–Crippen MR) is 67.7 cm³/mol. The number of hydrogen-bond donors (Lipinski definition) is 0. The van der Waals surface area contributed by atoms with Crippen LogP contribution in [0.2, 0.25) is 0 Å². The van der Waals surface area contributed by atoms with Crippen molar-refractivity contribution in [2.75, 3.05) is 0 Å². The second-order valence-electron chi connectivity index (χ2n) is 4.23. The maximum atomic E-state index is 2.38. The second kappa shape index (κ2) is 7.12. The van der Waals surface area contributed by atoms with Gasteiger partial charge in [-0.1, -0.05) is 58.1 Å². The van der Waals surface area contributed by atoms with E-state index in [0.717, 1.165) is 14.1 Å². The first kappa shape index (κ1) is 11.9. The van der Waals surface area contributed by atoms with E-state index in [1.54, 1.807) is 5.30 Å². The molecule has 2 atom stereocenters. The van der Waals surface area contributed by atoms with Crippen molar-refractivity contribution in [3.05, 3.63) is 23.2 Å². The quantitative estimate of drug-likeness (QED) is 0.544. The summed E-state index contributed by atoms with van der Waals surface area (Å²) in [6.07, 6.45) is 8.45. The van der Waals surface area contributed by atoms with Crippen LogP contribution in [0.3, 0.4) is 0 Å². The second-order valence-corrected chi connectivity index (χ2v) is 5.43. The average Bonchev–Trinajstić information content (AvgIpc) is 2.70. The fraction of sp³-hybridized carbons (Fsp3) is 0.692. The van der Waals surface area contributed by atoms with E-state index in [1.807, 2.05) is 0 Å². The summed E-state index contributed by atoms with van der Waals surface area (Å²) < 4.78 is 0. The van der Waals surface area contributed by atoms with Gasteiger partial charge in [0.25, 0.3) is 0 Å². The molecule has 0 N–H and O–H groups in total. The van der Waals surface area contributed by atoms with Crippen molar-refractivity contribution in [2.45, 2.75) is 58.3 Å². The summed E-state index contributed by atoms with van der Waals surface area (Å²) in [5.41, 5.74) is 0. The zero-order valence-corrected chi connectivity index (χ0v) is 10.6. The lowest BCUT2D eigenvalue weighted by Crippen LogP contribution is -1.89. The first-order chi connectivity index (χ1) is 6.84. The molecule has 0 saturated heterocycles. The Balaban J connectivity index is 2.07. The lowest BCUT2D eigenvalue weighted by molar-refractivity contribution is 0.571. The summed E-state index contributed by atoms with van der Waals surface area (Å²) in [6.45, 7) is 4.66. The Morgan fingerprint density at radius 2 is 2.00 bits per heavy atom. The van der Waals surface area contributed by atoms with Gasteiger partial charge >= 0.3 is 0 Å². The van der Waals surface area contributed by atoms with Gasteiger partial charge in [-0.15, -0.1) is 8.19 Å². The van der Waals surface area contributed by atoms with E-state index in [9.17, 15) is 0 Å². The summed E-state index contributed by atoms with van der Waals surface area (Å²) in [7, 11) is 0.973. The molecule has 2 unspecified atom stereocenters. The fourth-order valence-corrected chi connectivity index (χ4v) is 2.87. The van der Waals surface area contributed by atoms with Crippen molar-refractivity contribution in [3.8, 4) is 0 Å². The highest BCUT2D eigenvalue weighted by Gasteiger charge is 2.04. The largest absolute Gasteiger partial charge is 0.136 e. The Morgan fingerprint density at radius 3 is 2.64 bits per heavy atom. The van der Waals surface area contributed by atoms with Crippen LogP contribution >= 0.6 is 8.19 Å². The van der Waals surface area contributed by atoms with Gasteiger partial charge in [0.2, 0.25) is 0 Å². The normalized spacial score (nSPS) is 13.6. The summed E-state index contributed by atoms with van der Waals surface area (Å²) in [5, 5.41) is 1.67. The first-order valence-corrected chi connectivity index (χ1v) is 7.05. The Hall–Kier alpha value is -0.220. The lowest BCUT2D eigenvalue weighted by atomic mass is 10.0. The standard InChI is InChI=1S/C13H23P/c1-3-4-5-6-7-9-12(2)13-10-8-11-14-13/h8,10-12,14H,3-7,9H2,1-2H3. The molecule has 0 fully saturated rings. The highest BCUT2D eigenvalue weighted by atomic mass is 31.0. The molecule has 0 saturated carbocycles. The van der Waals surface area contributed by atoms with E-state index in [0.29, 0.717) is 0 Å². The van der Waals surface area contributed by atoms with Crippen LogP contribution in [0.4, 0.5) is 0 Å². The summed E-state index contributed by atoms with van der Waals surface area (Å²) >= 11 is 0. The monoisotopic (exact) mass is 210 g/mol. The fourth-order valence-electron chi connectivity index (χ4n) is 1.86. The molecule has 0 nitrogen and oxygen atoms in total. The Kier molecular flexibility index (Phi) is 6.03. The molecule has 0 aliphatic heterocycles. The Labute approximate surface area is 90.2 Å². The van der Waals surface area contributed by atoms with Gasteiger partial charge in [0.05, 0.1) is 0 Å². The molecule has 0 radical (unpaired) electrons. The number of hydrogen-bond acceptors (Lipinski definition) is 0. The van der Waals surface area contributed by atoms with Crippen LogP contribution in [0.15, 0.2) is 17.9 Å². The number of rotatable bonds is 7. The van der Waals surface area contributed by atoms with Crippen LogP contribution in [0, 0.1) is 0 Å². The van der Waals surface area contributed by atoms with Gasteiger partial charge in [-0.3, -0.25) is 0 Å². The van der Waals surface area contributed by atoms with E-state index >= 15 is 0 Å². The van der Waals surface area contributed by atoms with E-state index in [4.69, 9.17) is 0 Å². The van der Waals surface area contributed by atoms with Gasteiger partial charge in [0.15, 0.2) is 0 Å². The predicted octanol–water partition coefficient (Wildman–Crippen LogP) is 5.18. The van der Waals surface area contributed by atoms with Crippen molar-refractivity contribution < 1.29 is 0 Å². The SMILES string of the molecule is CCCCCCCC(C)c1ccc[pH]1. The van der Waals surface area contributed by atoms with Gasteiger partial charge in [-0.25, -0.2) is 0 Å². The molecule has 1 aromatic heterocycles. The van der Waals surface area contributed by atoms with Crippen LogP contribution in [0.25, 0.3) is 0 Å². The Morgan fingerprint density at radius 1 is 1.21 bits per heavy atom. The van der Waals surface area contributed by atoms with Gasteiger partial charge in [0.1, 0.15) is 0 Å². The molecule has 0 aromatic carbocycles. The first-order valence-electron chi connectivity index (χ1n) is 5.98. The van der Waals surface area contributed by atoms with E-state index in [2.05, 4.69) is 31.8 Å². The van der Waals surface area contributed by atoms with Gasteiger partial charge < -0.3 is 0 Å². The van der Waals surface area contributed by atoms with Crippen LogP contribution in [-0.2, 0) is 0 Å². The smallest absolute Gasteiger partial charge is 0.0155 e. The molecule has 0 aliphatic rings. The molecule has 14 heavy (non-hydrogen) atoms. The van der Waals surface area contributed by atoms with Crippen LogP contribution in [-0.4, -0.2) is 0 Å².